The molecule has 4 aromatic rings. The minimum atomic E-state index is -2.31. The van der Waals surface area contributed by atoms with Crippen molar-refractivity contribution in [3.63, 3.8) is 0 Å². The summed E-state index contributed by atoms with van der Waals surface area (Å²) in [5.41, 5.74) is -6.93. The van der Waals surface area contributed by atoms with Crippen molar-refractivity contribution in [3.8, 4) is 18.2 Å². The highest BCUT2D eigenvalue weighted by Crippen LogP contribution is 2.32. The summed E-state index contributed by atoms with van der Waals surface area (Å²) in [4.78, 5) is 10.4. The predicted octanol–water partition coefficient (Wildman–Crippen LogP) is 3.62. The molecular weight excluding hydrogens is 512 g/mol. The third-order valence-corrected chi connectivity index (χ3v) is 5.24. The second-order valence-electron chi connectivity index (χ2n) is 7.14. The van der Waals surface area contributed by atoms with Crippen LogP contribution in [-0.2, 0) is 0 Å². The predicted molar refractivity (Wildman–Crippen MR) is 112 cm³/mol. The van der Waals surface area contributed by atoms with Crippen LogP contribution in [0.2, 0.25) is 0 Å². The van der Waals surface area contributed by atoms with Gasteiger partial charge in [-0.15, -0.1) is 0 Å². The number of fused-ring (bicyclic) bond motifs is 3. The largest absolute Gasteiger partial charge is 0.295 e. The average molecular weight is 516 g/mol. The zero-order valence-corrected chi connectivity index (χ0v) is 17.8. The second-order valence-corrected chi connectivity index (χ2v) is 7.14. The summed E-state index contributed by atoms with van der Waals surface area (Å²) in [7, 11) is 1.12. The molecule has 0 saturated heterocycles. The normalized spacial score (nSPS) is 12.2. The van der Waals surface area contributed by atoms with Gasteiger partial charge >= 0.3 is 0 Å². The van der Waals surface area contributed by atoms with Gasteiger partial charge in [0.05, 0.1) is 37.8 Å². The van der Waals surface area contributed by atoms with Crippen molar-refractivity contribution in [2.24, 2.45) is 4.99 Å². The minimum absolute atomic E-state index is 0.694. The van der Waals surface area contributed by atoms with E-state index in [9.17, 15) is 31.6 Å². The van der Waals surface area contributed by atoms with Gasteiger partial charge in [-0.1, -0.05) is 0 Å². The Hall–Kier alpha value is -5.16. The van der Waals surface area contributed by atoms with Crippen LogP contribution in [0.15, 0.2) is 4.99 Å². The first-order valence-corrected chi connectivity index (χ1v) is 9.57. The van der Waals surface area contributed by atoms with Crippen molar-refractivity contribution in [1.29, 1.82) is 15.8 Å². The molecule has 0 N–H and O–H groups in total. The summed E-state index contributed by atoms with van der Waals surface area (Å²) >= 11 is 0. The number of nitriles is 3. The maximum atomic E-state index is 15.5. The zero-order valence-electron chi connectivity index (χ0n) is 17.8. The van der Waals surface area contributed by atoms with Crippen molar-refractivity contribution in [2.45, 2.75) is 0 Å². The van der Waals surface area contributed by atoms with E-state index in [0.717, 1.165) is 7.05 Å². The Labute approximate surface area is 198 Å². The molecule has 2 aromatic carbocycles. The lowest BCUT2D eigenvalue weighted by atomic mass is 10.0. The average Bonchev–Trinajstić information content (AvgIpc) is 2.88. The van der Waals surface area contributed by atoms with Crippen LogP contribution in [0.3, 0.4) is 0 Å². The summed E-state index contributed by atoms with van der Waals surface area (Å²) in [6, 6.07) is 3.77. The first-order chi connectivity index (χ1) is 17.5. The lowest BCUT2D eigenvalue weighted by Gasteiger charge is -2.11. The van der Waals surface area contributed by atoms with Crippen LogP contribution in [-0.4, -0.2) is 23.2 Å². The molecule has 0 bridgehead atoms. The van der Waals surface area contributed by atoms with Gasteiger partial charge in [0.25, 0.3) is 0 Å². The van der Waals surface area contributed by atoms with E-state index >= 15 is 8.78 Å². The van der Waals surface area contributed by atoms with Gasteiger partial charge in [0.1, 0.15) is 34.8 Å². The Morgan fingerprint density at radius 1 is 0.595 bits per heavy atom. The van der Waals surface area contributed by atoms with Gasteiger partial charge < -0.3 is 0 Å². The number of hydrogen-bond acceptors (Lipinski definition) is 6. The van der Waals surface area contributed by atoms with Gasteiger partial charge in [-0.3, -0.25) is 4.99 Å². The molecule has 0 amide bonds. The van der Waals surface area contributed by atoms with Crippen LogP contribution in [0.1, 0.15) is 0 Å². The van der Waals surface area contributed by atoms with Gasteiger partial charge in [-0.05, 0) is 0 Å². The van der Waals surface area contributed by atoms with E-state index in [1.807, 2.05) is 0 Å². The molecule has 4 rings (SSSR count). The van der Waals surface area contributed by atoms with Gasteiger partial charge in [0.15, 0.2) is 46.5 Å². The molecule has 0 unspecified atom stereocenters. The van der Waals surface area contributed by atoms with E-state index in [1.165, 1.54) is 18.2 Å². The van der Waals surface area contributed by atoms with Crippen LogP contribution >= 0.6 is 0 Å². The van der Waals surface area contributed by atoms with Crippen LogP contribution in [0.25, 0.3) is 44.0 Å². The maximum Gasteiger partial charge on any atom is 0.195 e. The fourth-order valence-electron chi connectivity index (χ4n) is 3.68. The molecule has 0 aliphatic rings. The third kappa shape index (κ3) is 3.32. The van der Waals surface area contributed by atoms with Crippen molar-refractivity contribution >= 4 is 50.2 Å². The molecule has 0 atom stereocenters. The van der Waals surface area contributed by atoms with E-state index < -0.39 is 101 Å². The summed E-state index contributed by atoms with van der Waals surface area (Å²) in [6.07, 6.45) is 0.694. The SMILES string of the molecule is CN=C/C(C#N)=c1\c(F)c(F)c(F)c2c(F)c3nc4c(=C(C#N)C#N)c(F)c(F)c(F)c4c(F)c3nc12. The lowest BCUT2D eigenvalue weighted by molar-refractivity contribution is 0.446. The molecule has 0 aliphatic heterocycles. The van der Waals surface area contributed by atoms with Gasteiger partial charge in [-0.25, -0.2) is 45.1 Å². The Bertz CT molecular complexity index is 2000. The molecule has 0 aliphatic carbocycles. The van der Waals surface area contributed by atoms with Crippen LogP contribution in [0.5, 0.6) is 0 Å². The van der Waals surface area contributed by atoms with Crippen molar-refractivity contribution in [3.05, 3.63) is 57.0 Å². The summed E-state index contributed by atoms with van der Waals surface area (Å²) in [6.45, 7) is 0. The molecule has 2 aromatic heterocycles. The zero-order chi connectivity index (χ0) is 27.3. The number of benzene rings is 2. The van der Waals surface area contributed by atoms with Crippen molar-refractivity contribution in [2.75, 3.05) is 7.05 Å². The van der Waals surface area contributed by atoms with Crippen molar-refractivity contribution in [1.82, 2.24) is 9.97 Å². The first-order valence-electron chi connectivity index (χ1n) is 9.57. The molecule has 0 spiro atoms. The topological polar surface area (TPSA) is 110 Å². The standard InChI is InChI=1S/C23H4F8N6/c1-35-5-7(4-34)9-13(25)19(31)15(27)11-17(29)22-23(37-21(9)11)16(28)10-14(26)18(30)12(24)8(20(10)36-22)6(2-32)3-33/h5H,1H3/b9-7+,35-5?. The molecule has 182 valence electrons. The van der Waals surface area contributed by atoms with E-state index in [1.54, 1.807) is 0 Å². The lowest BCUT2D eigenvalue weighted by Crippen LogP contribution is -2.21. The highest BCUT2D eigenvalue weighted by atomic mass is 19.2. The maximum absolute atomic E-state index is 15.5. The molecule has 0 saturated carbocycles. The molecule has 2 heterocycles. The van der Waals surface area contributed by atoms with Crippen LogP contribution < -0.4 is 10.4 Å². The highest BCUT2D eigenvalue weighted by Gasteiger charge is 2.29. The van der Waals surface area contributed by atoms with Crippen molar-refractivity contribution < 1.29 is 35.1 Å². The monoisotopic (exact) mass is 516 g/mol. The number of halogens is 8. The van der Waals surface area contributed by atoms with E-state index in [-0.39, 0.29) is 0 Å². The summed E-state index contributed by atoms with van der Waals surface area (Å²) < 4.78 is 118. The number of pyridine rings is 2. The Balaban J connectivity index is 2.49. The fraction of sp³-hybridized carbons (Fsp3) is 0.0435. The minimum Gasteiger partial charge on any atom is -0.295 e. The molecule has 0 fully saturated rings. The molecule has 14 heteroatoms. The molecule has 6 nitrogen and oxygen atoms in total. The molecular formula is C23H4F8N6. The van der Waals surface area contributed by atoms with E-state index in [4.69, 9.17) is 10.5 Å². The number of aromatic nitrogens is 2. The number of hydrogen-bond donors (Lipinski definition) is 0. The number of rotatable bonds is 1. The van der Waals surface area contributed by atoms with E-state index in [2.05, 4.69) is 15.0 Å². The van der Waals surface area contributed by atoms with E-state index in [0.29, 0.717) is 6.21 Å². The Morgan fingerprint density at radius 2 is 1.03 bits per heavy atom. The smallest absolute Gasteiger partial charge is 0.195 e. The Morgan fingerprint density at radius 3 is 1.43 bits per heavy atom. The Kier molecular flexibility index (Phi) is 5.94. The van der Waals surface area contributed by atoms with Crippen LogP contribution in [0.4, 0.5) is 35.1 Å². The number of aliphatic imine (C=N–C) groups is 1. The van der Waals surface area contributed by atoms with Gasteiger partial charge in [0.2, 0.25) is 0 Å². The van der Waals surface area contributed by atoms with Gasteiger partial charge in [0, 0.05) is 13.3 Å². The summed E-state index contributed by atoms with van der Waals surface area (Å²) in [5.74, 6) is -16.9. The summed E-state index contributed by atoms with van der Waals surface area (Å²) in [5, 5.41) is 22.1. The third-order valence-electron chi connectivity index (χ3n) is 5.24. The highest BCUT2D eigenvalue weighted by molar-refractivity contribution is 6.11. The quantitative estimate of drug-likeness (QED) is 0.166. The number of nitrogens with zero attached hydrogens (tertiary/aromatic N) is 6. The first kappa shape index (κ1) is 24.9. The molecule has 37 heavy (non-hydrogen) atoms. The second kappa shape index (κ2) is 8.81. The fourth-order valence-corrected chi connectivity index (χ4v) is 3.68. The molecule has 0 radical (unpaired) electrons. The van der Waals surface area contributed by atoms with Gasteiger partial charge in [-0.2, -0.15) is 15.8 Å². The van der Waals surface area contributed by atoms with Crippen LogP contribution in [0, 0.1) is 80.5 Å².